The molecule has 9 nitrogen and oxygen atoms in total. The molecule has 0 spiro atoms. The molecule has 0 fully saturated rings. The van der Waals surface area contributed by atoms with Gasteiger partial charge in [-0.3, -0.25) is 14.8 Å². The third-order valence-corrected chi connectivity index (χ3v) is 7.05. The zero-order chi connectivity index (χ0) is 25.7. The summed E-state index contributed by atoms with van der Waals surface area (Å²) < 4.78 is 0.794. The van der Waals surface area contributed by atoms with Crippen molar-refractivity contribution in [2.45, 2.75) is 33.1 Å². The van der Waals surface area contributed by atoms with Gasteiger partial charge in [0, 0.05) is 60.4 Å². The number of nitrogens with zero attached hydrogens (tertiary/aromatic N) is 5. The first kappa shape index (κ1) is 25.2. The fourth-order valence-corrected chi connectivity index (χ4v) is 5.27. The van der Waals surface area contributed by atoms with Crippen molar-refractivity contribution in [3.63, 3.8) is 0 Å². The molecule has 36 heavy (non-hydrogen) atoms. The molecule has 0 atom stereocenters. The topological polar surface area (TPSA) is 134 Å². The molecule has 0 radical (unpaired) electrons. The molecule has 3 aromatic rings. The number of carbonyl (C=O) groups is 2. The molecule has 0 unspecified atom stereocenters. The number of carboxylic acid groups (broad SMARTS) is 1. The molecule has 186 valence electrons. The number of nitrogens with two attached hydrogens (primary N) is 1. The van der Waals surface area contributed by atoms with Gasteiger partial charge in [-0.2, -0.15) is 5.10 Å². The number of amides is 1. The van der Waals surface area contributed by atoms with Gasteiger partial charge in [0.2, 0.25) is 5.91 Å². The normalized spacial score (nSPS) is 14.2. The highest BCUT2D eigenvalue weighted by molar-refractivity contribution is 7.19. The first-order valence-electron chi connectivity index (χ1n) is 11.7. The number of carboxylic acids is 1. The van der Waals surface area contributed by atoms with Gasteiger partial charge in [-0.1, -0.05) is 19.1 Å². The molecule has 1 aliphatic rings. The Morgan fingerprint density at radius 1 is 1.22 bits per heavy atom. The maximum absolute atomic E-state index is 12.7. The summed E-state index contributed by atoms with van der Waals surface area (Å²) in [6, 6.07) is 7.27. The number of thiazole rings is 1. The minimum atomic E-state index is -0.986. The Balaban J connectivity index is 1.66. The van der Waals surface area contributed by atoms with Gasteiger partial charge in [-0.25, -0.2) is 9.78 Å². The number of rotatable bonds is 8. The van der Waals surface area contributed by atoms with E-state index in [-0.39, 0.29) is 11.5 Å². The molecular formula is C26H28N6O3S. The van der Waals surface area contributed by atoms with Crippen molar-refractivity contribution in [3.05, 3.63) is 52.3 Å². The van der Waals surface area contributed by atoms with Gasteiger partial charge in [0.1, 0.15) is 5.01 Å². The van der Waals surface area contributed by atoms with Crippen molar-refractivity contribution in [2.75, 3.05) is 19.6 Å². The fraction of sp³-hybridized carbons (Fsp3) is 0.308. The van der Waals surface area contributed by atoms with Crippen LogP contribution in [0.4, 0.5) is 0 Å². The van der Waals surface area contributed by atoms with Gasteiger partial charge < -0.3 is 15.8 Å². The average Bonchev–Trinajstić information content (AvgIpc) is 3.32. The Hall–Kier alpha value is -3.92. The second-order valence-electron chi connectivity index (χ2n) is 8.43. The van der Waals surface area contributed by atoms with Gasteiger partial charge in [0.15, 0.2) is 0 Å². The number of aromatic nitrogens is 2. The summed E-state index contributed by atoms with van der Waals surface area (Å²) in [7, 11) is 0. The molecule has 10 heteroatoms. The number of hydrogen-bond donors (Lipinski definition) is 2. The molecule has 2 aromatic heterocycles. The van der Waals surface area contributed by atoms with Crippen molar-refractivity contribution < 1.29 is 14.7 Å². The molecule has 0 saturated carbocycles. The highest BCUT2D eigenvalue weighted by Crippen LogP contribution is 2.37. The summed E-state index contributed by atoms with van der Waals surface area (Å²) in [5.41, 5.74) is 5.40. The van der Waals surface area contributed by atoms with Gasteiger partial charge in [0.25, 0.3) is 0 Å². The highest BCUT2D eigenvalue weighted by Gasteiger charge is 2.23. The monoisotopic (exact) mass is 504 g/mol. The van der Waals surface area contributed by atoms with Crippen LogP contribution in [0.5, 0.6) is 0 Å². The van der Waals surface area contributed by atoms with Crippen LogP contribution in [0.3, 0.4) is 0 Å². The summed E-state index contributed by atoms with van der Waals surface area (Å²) in [4.78, 5) is 40.1. The molecule has 0 saturated heterocycles. The number of hydrogen-bond acceptors (Lipinski definition) is 8. The van der Waals surface area contributed by atoms with Gasteiger partial charge in [0.05, 0.1) is 22.0 Å². The second kappa shape index (κ2) is 11.2. The van der Waals surface area contributed by atoms with E-state index in [1.165, 1.54) is 23.8 Å². The Labute approximate surface area is 213 Å². The first-order valence-corrected chi connectivity index (χ1v) is 12.6. The van der Waals surface area contributed by atoms with Crippen molar-refractivity contribution in [2.24, 2.45) is 15.9 Å². The molecule has 0 bridgehead atoms. The smallest absolute Gasteiger partial charge is 0.335 e. The summed E-state index contributed by atoms with van der Waals surface area (Å²) in [5, 5.41) is 13.9. The van der Waals surface area contributed by atoms with Crippen molar-refractivity contribution >= 4 is 51.4 Å². The van der Waals surface area contributed by atoms with Crippen LogP contribution in [0.2, 0.25) is 0 Å². The number of benzene rings is 1. The third kappa shape index (κ3) is 5.49. The van der Waals surface area contributed by atoms with Crippen molar-refractivity contribution in [1.29, 1.82) is 0 Å². The summed E-state index contributed by atoms with van der Waals surface area (Å²) in [5.74, 6) is 4.07. The Morgan fingerprint density at radius 3 is 2.81 bits per heavy atom. The summed E-state index contributed by atoms with van der Waals surface area (Å²) in [6.45, 7) is 5.44. The minimum absolute atomic E-state index is 0.0238. The Bertz CT molecular complexity index is 1390. The lowest BCUT2D eigenvalue weighted by atomic mass is 9.98. The van der Waals surface area contributed by atoms with E-state index in [1.807, 2.05) is 30.9 Å². The first-order chi connectivity index (χ1) is 17.4. The zero-order valence-corrected chi connectivity index (χ0v) is 21.1. The van der Waals surface area contributed by atoms with Crippen molar-refractivity contribution in [3.8, 4) is 11.1 Å². The molecule has 0 aliphatic carbocycles. The number of aromatic carboxylic acids is 1. The lowest BCUT2D eigenvalue weighted by molar-refractivity contribution is -0.130. The van der Waals surface area contributed by atoms with Gasteiger partial charge in [-0.05, 0) is 38.0 Å². The highest BCUT2D eigenvalue weighted by atomic mass is 32.1. The number of fused-ring (bicyclic) bond motifs is 1. The number of aliphatic imine (C=N–C) groups is 1. The molecular weight excluding hydrogens is 476 g/mol. The Kier molecular flexibility index (Phi) is 7.84. The molecule has 4 rings (SSSR count). The maximum atomic E-state index is 12.7. The Morgan fingerprint density at radius 2 is 2.06 bits per heavy atom. The van der Waals surface area contributed by atoms with E-state index in [1.54, 1.807) is 12.1 Å². The van der Waals surface area contributed by atoms with Crippen LogP contribution in [0, 0.1) is 6.92 Å². The van der Waals surface area contributed by atoms with Crippen molar-refractivity contribution in [1.82, 2.24) is 14.9 Å². The summed E-state index contributed by atoms with van der Waals surface area (Å²) in [6.07, 6.45) is 6.72. The van der Waals surface area contributed by atoms with E-state index in [9.17, 15) is 14.7 Å². The van der Waals surface area contributed by atoms with Crippen LogP contribution >= 0.6 is 11.3 Å². The van der Waals surface area contributed by atoms with Crippen LogP contribution < -0.4 is 5.84 Å². The predicted molar refractivity (Wildman–Crippen MR) is 144 cm³/mol. The molecule has 3 N–H and O–H groups in total. The summed E-state index contributed by atoms with van der Waals surface area (Å²) >= 11 is 1.45. The van der Waals surface area contributed by atoms with E-state index < -0.39 is 5.97 Å². The zero-order valence-electron chi connectivity index (χ0n) is 20.3. The maximum Gasteiger partial charge on any atom is 0.335 e. The number of carbonyl (C=O) groups excluding carboxylic acids is 1. The van der Waals surface area contributed by atoms with Gasteiger partial charge >= 0.3 is 5.97 Å². The largest absolute Gasteiger partial charge is 0.478 e. The fourth-order valence-electron chi connectivity index (χ4n) is 4.21. The SMILES string of the molecule is CCc1nc(C)ccc1-c1cc(C(=O)O)cc2sc(C3=CCCN(C(=O)CCN=C/C=N\N)C3)nc12. The van der Waals surface area contributed by atoms with E-state index in [0.717, 1.165) is 56.2 Å². The van der Waals surface area contributed by atoms with Crippen LogP contribution in [-0.2, 0) is 11.2 Å². The van der Waals surface area contributed by atoms with Gasteiger partial charge in [-0.15, -0.1) is 11.3 Å². The second-order valence-corrected chi connectivity index (χ2v) is 9.46. The minimum Gasteiger partial charge on any atom is -0.478 e. The molecule has 1 amide bonds. The standard InChI is InChI=1S/C26H28N6O3S/c1-3-21-19(7-6-16(2)30-21)20-13-18(26(34)35)14-22-24(20)31-25(36-22)17-5-4-12-32(15-17)23(33)8-9-28-10-11-29-27/h5-7,10-11,13-14H,3-4,8-9,12,15,27H2,1-2H3,(H,34,35)/b28-10?,29-11-. The van der Waals surface area contributed by atoms with E-state index >= 15 is 0 Å². The van der Waals surface area contributed by atoms with Crippen LogP contribution in [0.15, 0.2) is 40.4 Å². The average molecular weight is 505 g/mol. The lowest BCUT2D eigenvalue weighted by Crippen LogP contribution is -2.35. The van der Waals surface area contributed by atoms with Crippen LogP contribution in [-0.4, -0.2) is 63.9 Å². The quantitative estimate of drug-likeness (QED) is 0.271. The molecule has 3 heterocycles. The van der Waals surface area contributed by atoms with E-state index in [4.69, 9.17) is 10.8 Å². The van der Waals surface area contributed by atoms with E-state index in [0.29, 0.717) is 26.1 Å². The number of hydrazone groups is 1. The number of pyridine rings is 1. The molecule has 1 aliphatic heterocycles. The lowest BCUT2D eigenvalue weighted by Gasteiger charge is -2.26. The third-order valence-electron chi connectivity index (χ3n) is 5.97. The number of aryl methyl sites for hydroxylation is 2. The predicted octanol–water partition coefficient (Wildman–Crippen LogP) is 3.95. The molecule has 1 aromatic carbocycles. The van der Waals surface area contributed by atoms with E-state index in [2.05, 4.69) is 21.2 Å². The van der Waals surface area contributed by atoms with Crippen LogP contribution in [0.1, 0.15) is 46.5 Å². The van der Waals surface area contributed by atoms with Crippen LogP contribution in [0.25, 0.3) is 26.9 Å².